The largest absolute Gasteiger partial charge is 0.370 e. The Morgan fingerprint density at radius 2 is 0.729 bits per heavy atom. The second kappa shape index (κ2) is 39.3. The van der Waals surface area contributed by atoms with Crippen LogP contribution in [-0.4, -0.2) is 192 Å². The Kier molecular flexibility index (Phi) is 26.7. The van der Waals surface area contributed by atoms with Crippen LogP contribution >= 0.6 is 0 Å². The van der Waals surface area contributed by atoms with Crippen molar-refractivity contribution in [2.45, 2.75) is 255 Å². The van der Waals surface area contributed by atoms with Gasteiger partial charge in [-0.25, -0.2) is 77.7 Å². The first-order valence-corrected chi connectivity index (χ1v) is 46.8. The summed E-state index contributed by atoms with van der Waals surface area (Å²) in [5.74, 6) is -4.50. The average molecular weight is 1930 g/mol. The summed E-state index contributed by atoms with van der Waals surface area (Å²) >= 11 is 0. The van der Waals surface area contributed by atoms with E-state index < -0.39 is 76.6 Å². The fourth-order valence-corrected chi connectivity index (χ4v) is 22.4. The van der Waals surface area contributed by atoms with Crippen molar-refractivity contribution in [2.24, 2.45) is 28.7 Å². The van der Waals surface area contributed by atoms with Crippen molar-refractivity contribution < 1.29 is 57.8 Å². The monoisotopic (exact) mass is 1930 g/mol. The molecule has 3 saturated carbocycles. The van der Waals surface area contributed by atoms with Gasteiger partial charge in [-0.05, 0) is 187 Å². The van der Waals surface area contributed by atoms with Crippen LogP contribution in [0.4, 0.5) is 48.3 Å². The maximum Gasteiger partial charge on any atom is 0.252 e. The molecule has 7 aliphatic heterocycles. The van der Waals surface area contributed by atoms with E-state index >= 15 is 0 Å². The lowest BCUT2D eigenvalue weighted by Gasteiger charge is -2.38. The molecule has 0 spiro atoms. The molecule has 732 valence electrons. The first-order valence-electron chi connectivity index (χ1n) is 46.8. The minimum Gasteiger partial charge on any atom is -0.370 e. The Morgan fingerprint density at radius 1 is 0.343 bits per heavy atom. The number of fused-ring (bicyclic) bond motifs is 14. The van der Waals surface area contributed by atoms with E-state index in [1.807, 2.05) is 54.5 Å². The lowest BCUT2D eigenvalue weighted by Crippen LogP contribution is -2.47. The second-order valence-electron chi connectivity index (χ2n) is 38.2. The van der Waals surface area contributed by atoms with E-state index in [9.17, 15) is 48.3 Å². The van der Waals surface area contributed by atoms with E-state index in [4.69, 9.17) is 43.1 Å². The number of aromatic nitrogens is 19. The summed E-state index contributed by atoms with van der Waals surface area (Å²) in [4.78, 5) is 42.5. The van der Waals surface area contributed by atoms with Crippen LogP contribution in [0.2, 0.25) is 0 Å². The van der Waals surface area contributed by atoms with E-state index in [-0.39, 0.29) is 89.8 Å². The van der Waals surface area contributed by atoms with Crippen LogP contribution in [0.25, 0.3) is 28.5 Å². The van der Waals surface area contributed by atoms with Crippen molar-refractivity contribution in [2.75, 3.05) is 13.2 Å². The first kappa shape index (κ1) is 95.2. The van der Waals surface area contributed by atoms with Crippen molar-refractivity contribution >= 4 is 28.5 Å². The number of hydrogen-bond acceptors (Lipinski definition) is 26. The smallest absolute Gasteiger partial charge is 0.252 e. The topological polar surface area (TPSA) is 367 Å². The lowest BCUT2D eigenvalue weighted by atomic mass is 9.77. The van der Waals surface area contributed by atoms with E-state index in [0.29, 0.717) is 104 Å². The predicted molar refractivity (Wildman–Crippen MR) is 490 cm³/mol. The molecule has 15 atom stereocenters. The van der Waals surface area contributed by atoms with Gasteiger partial charge in [-0.1, -0.05) is 7.43 Å². The Hall–Kier alpha value is -12.3. The molecule has 140 heavy (non-hydrogen) atoms. The lowest BCUT2D eigenvalue weighted by molar-refractivity contribution is -0.0532. The summed E-state index contributed by atoms with van der Waals surface area (Å²) in [6.07, 6.45) is 19.2. The molecule has 5 aromatic carbocycles. The van der Waals surface area contributed by atoms with Crippen molar-refractivity contribution in [1.82, 2.24) is 118 Å². The highest BCUT2D eigenvalue weighted by Gasteiger charge is 2.45. The van der Waals surface area contributed by atoms with Crippen LogP contribution < -0.4 is 28.7 Å². The maximum absolute atomic E-state index is 14.2. The highest BCUT2D eigenvalue weighted by Crippen LogP contribution is 2.45. The quantitative estimate of drug-likeness (QED) is 0.0627. The molecule has 5 fully saturated rings. The summed E-state index contributed by atoms with van der Waals surface area (Å²) in [6, 6.07) is 17.0. The molecule has 15 aromatic rings. The number of hydrogen-bond donors (Lipinski definition) is 5. The minimum absolute atomic E-state index is 0. The molecule has 10 N–H and O–H groups in total. The van der Waals surface area contributed by atoms with Gasteiger partial charge < -0.3 is 38.1 Å². The van der Waals surface area contributed by atoms with Gasteiger partial charge in [-0.15, -0.1) is 19.5 Å². The van der Waals surface area contributed by atoms with Crippen LogP contribution in [0.3, 0.4) is 0 Å². The standard InChI is InChI=1S/C20H22F2N6.C20H21F2N5O.C19H19F3N6.C19H20F2N6O.C19H20F2N6.CH4/c1-11-25-20-24-8-12-9-27(10-19(12)28(20)26-11)14-3-4-15(18(23)7-14)16-6-13(21)2-5-17(16)22;1-11-4-19-24-18-9-26(7-12(18)8-27(19)25-11)14-6-17(23)20(28-10-14)15-5-13(21)2-3-16(15)22;20-14-7-16(22)15(21)6-12(14)11-2-1-10(5-17(11)23)27-8-13-18(9-27)26-28-19(13)24-3-4-25-28;1-10-24-19-23-6-11-7-26(8-17(11)27(19)25-10)13-5-16(22)18(28-9-13)14-4-12(20)2-3-15(14)21;20-11-1-4-16(21)14(7-11)13-3-2-12(8-17(13)22)26-9-15-18(10-26)25-27-19(15)23-5-6-24-27;/h2,5-6,8,14-15,18H,3-4,7,9-10,23H2,1H3;2-5,8,14,17,20H,6-7,9-10,23H2,1H3;3-4,6-7,10-11,17H,1-2,5,8-9,23H2;2-4,6,13,16,18H,5,7-9,22H2,1H3;1,4-7,12-13,17H,2-3,8-10,22H2;1H4/t14-,15?,18-;14-,17+,20?;10-,11?,17-;13-,16+,18?;12-,13?,17-;/m01010./s1. The van der Waals surface area contributed by atoms with Crippen LogP contribution in [0.5, 0.6) is 0 Å². The fourth-order valence-electron chi connectivity index (χ4n) is 22.4. The molecule has 2 saturated heterocycles. The zero-order valence-electron chi connectivity index (χ0n) is 76.2. The minimum atomic E-state index is -1.17. The summed E-state index contributed by atoms with van der Waals surface area (Å²) in [7, 11) is 0. The Labute approximate surface area is 796 Å². The third kappa shape index (κ3) is 19.0. The molecule has 3 aliphatic carbocycles. The van der Waals surface area contributed by atoms with Gasteiger partial charge in [0.05, 0.1) is 59.8 Å². The van der Waals surface area contributed by atoms with Crippen LogP contribution in [0.15, 0.2) is 134 Å². The van der Waals surface area contributed by atoms with Gasteiger partial charge in [-0.3, -0.25) is 24.5 Å². The van der Waals surface area contributed by atoms with Crippen molar-refractivity contribution in [3.8, 4) is 0 Å². The molecule has 17 heterocycles. The van der Waals surface area contributed by atoms with Crippen LogP contribution in [-0.2, 0) is 74.9 Å². The zero-order chi connectivity index (χ0) is 96.2. The molecule has 0 bridgehead atoms. The van der Waals surface area contributed by atoms with E-state index in [0.717, 1.165) is 219 Å². The number of ether oxygens (including phenoxy) is 2. The summed E-state index contributed by atoms with van der Waals surface area (Å²) < 4.78 is 172. The van der Waals surface area contributed by atoms with Gasteiger partial charge in [0.15, 0.2) is 28.6 Å². The van der Waals surface area contributed by atoms with Crippen LogP contribution in [0, 0.1) is 84.8 Å². The predicted octanol–water partition coefficient (Wildman–Crippen LogP) is 12.6. The molecule has 31 nitrogen and oxygen atoms in total. The highest BCUT2D eigenvalue weighted by atomic mass is 19.2. The Morgan fingerprint density at radius 3 is 1.17 bits per heavy atom. The van der Waals surface area contributed by atoms with Gasteiger partial charge in [0.25, 0.3) is 11.6 Å². The zero-order valence-corrected chi connectivity index (χ0v) is 76.2. The van der Waals surface area contributed by atoms with Gasteiger partial charge in [0.1, 0.15) is 76.2 Å². The normalized spacial score (nSPS) is 25.3. The number of nitrogens with zero attached hydrogens (tertiary/aromatic N) is 24. The number of rotatable bonds is 10. The van der Waals surface area contributed by atoms with Gasteiger partial charge in [0.2, 0.25) is 0 Å². The molecule has 10 aromatic heterocycles. The molecular weight excluding hydrogens is 1820 g/mol. The average Bonchev–Trinajstić information content (AvgIpc) is 1.62. The SMILES string of the molecule is C.Cc1cc2nc3c(cn2n1)CN([C@H]1COC(c2cc(F)ccc2F)[C@@H](N)C1)C3.Cc1nc2ncc3c(n2n1)CN([C@H]1CCC(c2cc(F)ccc2F)[C@@H](N)C1)C3.Cc1nc2ncc3c(n2n1)CN([C@H]1COC(c2cc(F)ccc2F)[C@@H](N)C1)C3.N[C@H]1C[C@@H](N2Cc3nn4nccnc4c3C2)CCC1c1cc(F)c(F)cc1F.N[C@H]1C[C@@H](N2Cc3nn4nccnc4c3C2)CCC1c1cc(F)ccc1F. The number of aryl methyl sites for hydroxylation is 3. The summed E-state index contributed by atoms with van der Waals surface area (Å²) in [5, 5.41) is 30.7. The van der Waals surface area contributed by atoms with Crippen molar-refractivity contribution in [3.05, 3.63) is 300 Å². The van der Waals surface area contributed by atoms with Gasteiger partial charge in [-0.2, -0.15) is 44.5 Å². The highest BCUT2D eigenvalue weighted by molar-refractivity contribution is 5.52. The van der Waals surface area contributed by atoms with E-state index in [1.54, 1.807) is 38.6 Å². The molecule has 0 amide bonds. The third-order valence-electron chi connectivity index (χ3n) is 29.3. The molecule has 0 radical (unpaired) electrons. The number of benzene rings is 5. The van der Waals surface area contributed by atoms with Gasteiger partial charge in [0, 0.05) is 226 Å². The molecule has 10 aliphatic rings. The maximum atomic E-state index is 14.2. The Bertz CT molecular complexity index is 6930. The Balaban J connectivity index is 0.000000107. The van der Waals surface area contributed by atoms with Gasteiger partial charge >= 0.3 is 0 Å². The molecule has 25 rings (SSSR count). The number of halogens is 11. The van der Waals surface area contributed by atoms with Crippen molar-refractivity contribution in [1.29, 1.82) is 0 Å². The fraction of sp³-hybridized carbons (Fsp3) is 0.429. The molecule has 42 heteroatoms. The van der Waals surface area contributed by atoms with Crippen LogP contribution in [0.1, 0.15) is 209 Å². The summed E-state index contributed by atoms with van der Waals surface area (Å²) in [5.41, 5.74) is 47.3. The summed E-state index contributed by atoms with van der Waals surface area (Å²) in [6.45, 7) is 13.8. The van der Waals surface area contributed by atoms with E-state index in [2.05, 4.69) is 90.1 Å². The third-order valence-corrected chi connectivity index (χ3v) is 29.3. The number of nitrogens with two attached hydrogens (primary N) is 5. The molecule has 5 unspecified atom stereocenters. The molecular formula is C98H106F11N29O2. The first-order chi connectivity index (χ1) is 67.1. The second-order valence-corrected chi connectivity index (χ2v) is 38.2. The van der Waals surface area contributed by atoms with E-state index in [1.165, 1.54) is 36.4 Å². The van der Waals surface area contributed by atoms with Crippen molar-refractivity contribution in [3.63, 3.8) is 0 Å².